The molecule has 0 aliphatic carbocycles. The standard InChI is InChI=1S/C9H12N2O3S/c1-9(5-10,8(14)15-2)11-6(12)3-4-7(11)13/h3-4H,5,10H2,1-2H3. The predicted octanol–water partition coefficient (Wildman–Crippen LogP) is -0.482. The van der Waals surface area contributed by atoms with E-state index in [-0.39, 0.29) is 11.7 Å². The lowest BCUT2D eigenvalue weighted by Crippen LogP contribution is -2.58. The van der Waals surface area contributed by atoms with Crippen LogP contribution in [0.3, 0.4) is 0 Å². The fourth-order valence-corrected chi connectivity index (χ4v) is 1.99. The van der Waals surface area contributed by atoms with Crippen LogP contribution in [0.25, 0.3) is 0 Å². The van der Waals surface area contributed by atoms with Crippen LogP contribution in [-0.2, 0) is 14.4 Å². The largest absolute Gasteiger partial charge is 0.328 e. The fraction of sp³-hybridized carbons (Fsp3) is 0.444. The Labute approximate surface area is 91.7 Å². The van der Waals surface area contributed by atoms with E-state index in [1.165, 1.54) is 6.92 Å². The van der Waals surface area contributed by atoms with E-state index < -0.39 is 17.4 Å². The number of carbonyl (C=O) groups is 3. The van der Waals surface area contributed by atoms with Crippen molar-refractivity contribution in [1.29, 1.82) is 0 Å². The van der Waals surface area contributed by atoms with Gasteiger partial charge in [0, 0.05) is 18.7 Å². The lowest BCUT2D eigenvalue weighted by Gasteiger charge is -2.33. The van der Waals surface area contributed by atoms with Gasteiger partial charge in [-0.1, -0.05) is 11.8 Å². The van der Waals surface area contributed by atoms with E-state index in [0.717, 1.165) is 28.8 Å². The summed E-state index contributed by atoms with van der Waals surface area (Å²) >= 11 is 0.954. The molecule has 0 bridgehead atoms. The van der Waals surface area contributed by atoms with Crippen LogP contribution in [0.2, 0.25) is 0 Å². The van der Waals surface area contributed by atoms with Gasteiger partial charge >= 0.3 is 0 Å². The molecule has 0 saturated carbocycles. The molecule has 0 aromatic carbocycles. The molecule has 5 nitrogen and oxygen atoms in total. The third-order valence-corrected chi connectivity index (χ3v) is 3.14. The number of nitrogens with zero attached hydrogens (tertiary/aromatic N) is 1. The maximum absolute atomic E-state index is 11.7. The number of amides is 2. The first-order valence-electron chi connectivity index (χ1n) is 4.32. The lowest BCUT2D eigenvalue weighted by molar-refractivity contribution is -0.147. The molecule has 0 aromatic heterocycles. The van der Waals surface area contributed by atoms with Crippen molar-refractivity contribution in [2.45, 2.75) is 12.5 Å². The Morgan fingerprint density at radius 2 is 1.93 bits per heavy atom. The molecule has 1 rings (SSSR count). The normalized spacial score (nSPS) is 19.5. The Morgan fingerprint density at radius 3 is 2.27 bits per heavy atom. The highest BCUT2D eigenvalue weighted by atomic mass is 32.2. The first-order valence-corrected chi connectivity index (χ1v) is 5.54. The van der Waals surface area contributed by atoms with Gasteiger partial charge in [0.25, 0.3) is 11.8 Å². The van der Waals surface area contributed by atoms with E-state index in [9.17, 15) is 14.4 Å². The zero-order valence-electron chi connectivity index (χ0n) is 8.52. The number of hydrogen-bond acceptors (Lipinski definition) is 5. The average molecular weight is 228 g/mol. The van der Waals surface area contributed by atoms with Crippen LogP contribution in [0.5, 0.6) is 0 Å². The second kappa shape index (κ2) is 4.16. The van der Waals surface area contributed by atoms with Crippen molar-refractivity contribution in [1.82, 2.24) is 4.90 Å². The van der Waals surface area contributed by atoms with Crippen LogP contribution < -0.4 is 5.73 Å². The van der Waals surface area contributed by atoms with Gasteiger partial charge < -0.3 is 5.73 Å². The molecule has 82 valence electrons. The molecule has 1 aliphatic heterocycles. The van der Waals surface area contributed by atoms with Crippen LogP contribution in [0, 0.1) is 0 Å². The molecule has 15 heavy (non-hydrogen) atoms. The summed E-state index contributed by atoms with van der Waals surface area (Å²) in [6, 6.07) is 0. The van der Waals surface area contributed by atoms with E-state index in [2.05, 4.69) is 0 Å². The van der Waals surface area contributed by atoms with E-state index in [1.807, 2.05) is 0 Å². The molecule has 0 fully saturated rings. The summed E-state index contributed by atoms with van der Waals surface area (Å²) < 4.78 is 0. The molecule has 1 heterocycles. The van der Waals surface area contributed by atoms with Crippen molar-refractivity contribution in [3.05, 3.63) is 12.2 Å². The second-order valence-corrected chi connectivity index (χ2v) is 4.09. The van der Waals surface area contributed by atoms with Crippen LogP contribution in [0.1, 0.15) is 6.92 Å². The number of imide groups is 1. The summed E-state index contributed by atoms with van der Waals surface area (Å²) in [5.41, 5.74) is 4.23. The van der Waals surface area contributed by atoms with Crippen LogP contribution in [0.4, 0.5) is 0 Å². The van der Waals surface area contributed by atoms with Crippen molar-refractivity contribution >= 4 is 28.7 Å². The number of nitrogens with two attached hydrogens (primary N) is 1. The molecule has 6 heteroatoms. The van der Waals surface area contributed by atoms with Crippen LogP contribution in [0.15, 0.2) is 12.2 Å². The minimum atomic E-state index is -1.25. The number of carbonyl (C=O) groups excluding carboxylic acids is 3. The Balaban J connectivity index is 3.07. The van der Waals surface area contributed by atoms with Gasteiger partial charge in [0.05, 0.1) is 0 Å². The van der Waals surface area contributed by atoms with Gasteiger partial charge in [-0.3, -0.25) is 19.3 Å². The highest BCUT2D eigenvalue weighted by molar-refractivity contribution is 8.13. The highest BCUT2D eigenvalue weighted by Gasteiger charge is 2.44. The van der Waals surface area contributed by atoms with Gasteiger partial charge in [0.2, 0.25) is 5.12 Å². The molecule has 2 N–H and O–H groups in total. The predicted molar refractivity (Wildman–Crippen MR) is 57.0 cm³/mol. The summed E-state index contributed by atoms with van der Waals surface area (Å²) in [5.74, 6) is -0.981. The van der Waals surface area contributed by atoms with Crippen molar-refractivity contribution in [2.75, 3.05) is 12.8 Å². The minimum Gasteiger partial charge on any atom is -0.328 e. The zero-order valence-corrected chi connectivity index (χ0v) is 9.34. The van der Waals surface area contributed by atoms with Gasteiger partial charge in [0.15, 0.2) is 0 Å². The topological polar surface area (TPSA) is 80.5 Å². The molecule has 0 radical (unpaired) electrons. The number of hydrogen-bond donors (Lipinski definition) is 1. The van der Waals surface area contributed by atoms with Crippen molar-refractivity contribution in [3.63, 3.8) is 0 Å². The highest BCUT2D eigenvalue weighted by Crippen LogP contribution is 2.24. The molecule has 1 atom stereocenters. The summed E-state index contributed by atoms with van der Waals surface area (Å²) in [7, 11) is 0. The molecule has 1 unspecified atom stereocenters. The Hall–Kier alpha value is -1.14. The summed E-state index contributed by atoms with van der Waals surface area (Å²) in [4.78, 5) is 35.4. The Bertz CT molecular complexity index is 335. The first kappa shape index (κ1) is 11.9. The van der Waals surface area contributed by atoms with Crippen LogP contribution >= 0.6 is 11.8 Å². The van der Waals surface area contributed by atoms with Gasteiger partial charge in [-0.2, -0.15) is 0 Å². The van der Waals surface area contributed by atoms with Crippen LogP contribution in [-0.4, -0.2) is 40.2 Å². The Kier molecular flexibility index (Phi) is 3.31. The molecule has 2 amide bonds. The molecule has 0 saturated heterocycles. The minimum absolute atomic E-state index is 0.0775. The quantitative estimate of drug-likeness (QED) is 0.660. The van der Waals surface area contributed by atoms with Crippen molar-refractivity contribution in [3.8, 4) is 0 Å². The summed E-state index contributed by atoms with van der Waals surface area (Å²) in [6.07, 6.45) is 3.88. The molecule has 0 aromatic rings. The maximum Gasteiger partial charge on any atom is 0.254 e. The summed E-state index contributed by atoms with van der Waals surface area (Å²) in [6.45, 7) is 1.42. The second-order valence-electron chi connectivity index (χ2n) is 3.31. The smallest absolute Gasteiger partial charge is 0.254 e. The van der Waals surface area contributed by atoms with Gasteiger partial charge in [-0.25, -0.2) is 0 Å². The van der Waals surface area contributed by atoms with Gasteiger partial charge in [-0.05, 0) is 13.2 Å². The van der Waals surface area contributed by atoms with E-state index in [0.29, 0.717) is 0 Å². The van der Waals surface area contributed by atoms with E-state index in [4.69, 9.17) is 5.73 Å². The number of thioether (sulfide) groups is 1. The molecular weight excluding hydrogens is 216 g/mol. The first-order chi connectivity index (χ1) is 6.97. The monoisotopic (exact) mass is 228 g/mol. The maximum atomic E-state index is 11.7. The van der Waals surface area contributed by atoms with E-state index >= 15 is 0 Å². The van der Waals surface area contributed by atoms with Gasteiger partial charge in [0.1, 0.15) is 5.54 Å². The van der Waals surface area contributed by atoms with E-state index in [1.54, 1.807) is 6.26 Å². The summed E-state index contributed by atoms with van der Waals surface area (Å²) in [5, 5.41) is -0.296. The van der Waals surface area contributed by atoms with Gasteiger partial charge in [-0.15, -0.1) is 0 Å². The zero-order chi connectivity index (χ0) is 11.6. The Morgan fingerprint density at radius 1 is 1.47 bits per heavy atom. The van der Waals surface area contributed by atoms with Crippen molar-refractivity contribution < 1.29 is 14.4 Å². The SMILES string of the molecule is CSC(=O)C(C)(CN)N1C(=O)C=CC1=O. The number of rotatable bonds is 3. The molecule has 1 aliphatic rings. The average Bonchev–Trinajstić information content (AvgIpc) is 2.56. The molecule has 0 spiro atoms. The molecular formula is C9H12N2O3S. The lowest BCUT2D eigenvalue weighted by atomic mass is 10.0. The fourth-order valence-electron chi connectivity index (χ4n) is 1.37. The van der Waals surface area contributed by atoms with Crippen molar-refractivity contribution in [2.24, 2.45) is 5.73 Å². The third kappa shape index (κ3) is 1.82. The third-order valence-electron chi connectivity index (χ3n) is 2.33.